The second-order valence-corrected chi connectivity index (χ2v) is 4.58. The smallest absolute Gasteiger partial charge is 0.273 e. The summed E-state index contributed by atoms with van der Waals surface area (Å²) in [5.41, 5.74) is -0.143. The molecule has 0 aliphatic rings. The van der Waals surface area contributed by atoms with E-state index < -0.39 is 22.7 Å². The summed E-state index contributed by atoms with van der Waals surface area (Å²) >= 11 is 0. The van der Waals surface area contributed by atoms with Gasteiger partial charge in [-0.2, -0.15) is 4.39 Å². The van der Waals surface area contributed by atoms with Gasteiger partial charge in [0, 0.05) is 6.07 Å². The van der Waals surface area contributed by atoms with Crippen molar-refractivity contribution in [2.24, 2.45) is 0 Å². The zero-order chi connectivity index (χ0) is 16.8. The highest BCUT2D eigenvalue weighted by molar-refractivity contribution is 5.37. The van der Waals surface area contributed by atoms with Crippen LogP contribution in [0.2, 0.25) is 0 Å². The number of benzene rings is 2. The topological polar surface area (TPSA) is 81.8 Å². The van der Waals surface area contributed by atoms with Crippen LogP contribution in [0.1, 0.15) is 0 Å². The third kappa shape index (κ3) is 4.62. The highest BCUT2D eigenvalue weighted by Gasteiger charge is 2.13. The summed E-state index contributed by atoms with van der Waals surface area (Å²) < 4.78 is 36.5. The van der Waals surface area contributed by atoms with Gasteiger partial charge in [-0.15, -0.1) is 0 Å². The molecule has 0 aliphatic heterocycles. The van der Waals surface area contributed by atoms with Gasteiger partial charge in [0.25, 0.3) is 5.69 Å². The molecule has 0 aromatic heterocycles. The van der Waals surface area contributed by atoms with E-state index in [9.17, 15) is 24.0 Å². The van der Waals surface area contributed by atoms with Gasteiger partial charge in [-0.25, -0.2) is 4.39 Å². The maximum atomic E-state index is 13.3. The monoisotopic (exact) mass is 325 g/mol. The van der Waals surface area contributed by atoms with Crippen LogP contribution in [0.3, 0.4) is 0 Å². The van der Waals surface area contributed by atoms with Crippen molar-refractivity contribution in [3.8, 4) is 11.5 Å². The fraction of sp³-hybridized carbons (Fsp3) is 0.200. The molecule has 23 heavy (non-hydrogen) atoms. The number of rotatable bonds is 7. The number of non-ortho nitro benzene ring substituents is 1. The minimum absolute atomic E-state index is 0.143. The molecule has 0 bridgehead atoms. The van der Waals surface area contributed by atoms with Crippen LogP contribution in [0, 0.1) is 21.7 Å². The Kier molecular flexibility index (Phi) is 5.42. The van der Waals surface area contributed by atoms with Crippen molar-refractivity contribution in [2.75, 3.05) is 13.2 Å². The Morgan fingerprint density at radius 3 is 2.57 bits per heavy atom. The molecule has 6 nitrogen and oxygen atoms in total. The molecule has 0 radical (unpaired) electrons. The summed E-state index contributed by atoms with van der Waals surface area (Å²) in [5, 5.41) is 20.3. The van der Waals surface area contributed by atoms with Crippen LogP contribution in [-0.4, -0.2) is 29.3 Å². The molecule has 8 heteroatoms. The van der Waals surface area contributed by atoms with E-state index in [2.05, 4.69) is 0 Å². The van der Waals surface area contributed by atoms with Gasteiger partial charge in [0.2, 0.25) is 5.82 Å². The largest absolute Gasteiger partial charge is 0.490 e. The first-order chi connectivity index (χ1) is 11.0. The molecule has 2 aromatic rings. The molecule has 0 aliphatic carbocycles. The molecular weight excluding hydrogens is 312 g/mol. The normalized spacial score (nSPS) is 11.8. The number of nitrogens with zero attached hydrogens (tertiary/aromatic N) is 1. The lowest BCUT2D eigenvalue weighted by Crippen LogP contribution is -2.25. The minimum atomic E-state index is -1.14. The lowest BCUT2D eigenvalue weighted by Gasteiger charge is -2.14. The number of ether oxygens (including phenoxy) is 2. The zero-order valence-corrected chi connectivity index (χ0v) is 11.8. The van der Waals surface area contributed by atoms with Crippen LogP contribution < -0.4 is 9.47 Å². The molecule has 0 heterocycles. The van der Waals surface area contributed by atoms with Gasteiger partial charge in [0.15, 0.2) is 11.6 Å². The summed E-state index contributed by atoms with van der Waals surface area (Å²) in [7, 11) is 0. The lowest BCUT2D eigenvalue weighted by atomic mass is 10.3. The van der Waals surface area contributed by atoms with Gasteiger partial charge in [-0.3, -0.25) is 10.1 Å². The van der Waals surface area contributed by atoms with E-state index >= 15 is 0 Å². The minimum Gasteiger partial charge on any atom is -0.490 e. The SMILES string of the molecule is O=[N+]([O-])c1cccc(OCC(O)COc2cccc(F)c2F)c1. The number of nitro groups is 1. The Balaban J connectivity index is 1.85. The van der Waals surface area contributed by atoms with E-state index in [0.29, 0.717) is 0 Å². The summed E-state index contributed by atoms with van der Waals surface area (Å²) in [6.07, 6.45) is -1.13. The Hall–Kier alpha value is -2.74. The molecule has 2 rings (SSSR count). The Morgan fingerprint density at radius 2 is 1.83 bits per heavy atom. The van der Waals surface area contributed by atoms with Gasteiger partial charge >= 0.3 is 0 Å². The number of hydrogen-bond donors (Lipinski definition) is 1. The van der Waals surface area contributed by atoms with Crippen molar-refractivity contribution in [2.45, 2.75) is 6.10 Å². The van der Waals surface area contributed by atoms with Crippen molar-refractivity contribution in [3.05, 3.63) is 64.2 Å². The first-order valence-corrected chi connectivity index (χ1v) is 6.59. The average Bonchev–Trinajstić information content (AvgIpc) is 2.54. The van der Waals surface area contributed by atoms with Crippen LogP contribution in [0.25, 0.3) is 0 Å². The first-order valence-electron chi connectivity index (χ1n) is 6.59. The van der Waals surface area contributed by atoms with Crippen molar-refractivity contribution in [3.63, 3.8) is 0 Å². The number of aliphatic hydroxyl groups is 1. The molecule has 122 valence electrons. The van der Waals surface area contributed by atoms with Crippen LogP contribution in [0.15, 0.2) is 42.5 Å². The zero-order valence-electron chi connectivity index (χ0n) is 11.8. The van der Waals surface area contributed by atoms with Crippen molar-refractivity contribution >= 4 is 5.69 Å². The quantitative estimate of drug-likeness (QED) is 0.625. The van der Waals surface area contributed by atoms with E-state index in [1.54, 1.807) is 0 Å². The number of nitro benzene ring substituents is 1. The maximum Gasteiger partial charge on any atom is 0.273 e. The number of aliphatic hydroxyl groups excluding tert-OH is 1. The third-order valence-corrected chi connectivity index (χ3v) is 2.82. The van der Waals surface area contributed by atoms with Crippen molar-refractivity contribution in [1.29, 1.82) is 0 Å². The predicted octanol–water partition coefficient (Wildman–Crippen LogP) is 2.69. The van der Waals surface area contributed by atoms with Gasteiger partial charge in [-0.05, 0) is 18.2 Å². The Bertz CT molecular complexity index is 695. The van der Waals surface area contributed by atoms with Crippen LogP contribution in [-0.2, 0) is 0 Å². The third-order valence-electron chi connectivity index (χ3n) is 2.82. The van der Waals surface area contributed by atoms with E-state index in [-0.39, 0.29) is 30.4 Å². The van der Waals surface area contributed by atoms with Crippen molar-refractivity contribution in [1.82, 2.24) is 0 Å². The maximum absolute atomic E-state index is 13.3. The highest BCUT2D eigenvalue weighted by Crippen LogP contribution is 2.20. The Morgan fingerprint density at radius 1 is 1.13 bits per heavy atom. The summed E-state index contributed by atoms with van der Waals surface area (Å²) in [6.45, 7) is -0.548. The highest BCUT2D eigenvalue weighted by atomic mass is 19.2. The summed E-state index contributed by atoms with van der Waals surface area (Å²) in [4.78, 5) is 10.1. The predicted molar refractivity (Wildman–Crippen MR) is 76.5 cm³/mol. The number of halogens is 2. The molecule has 0 fully saturated rings. The molecular formula is C15H13F2NO5. The standard InChI is InChI=1S/C15H13F2NO5/c16-13-5-2-6-14(15(13)17)23-9-11(19)8-22-12-4-1-3-10(7-12)18(20)21/h1-7,11,19H,8-9H2. The molecule has 1 N–H and O–H groups in total. The molecule has 0 saturated heterocycles. The molecule has 1 unspecified atom stereocenters. The van der Waals surface area contributed by atoms with Crippen LogP contribution >= 0.6 is 0 Å². The second kappa shape index (κ2) is 7.50. The molecule has 2 aromatic carbocycles. The second-order valence-electron chi connectivity index (χ2n) is 4.58. The van der Waals surface area contributed by atoms with Gasteiger partial charge < -0.3 is 14.6 Å². The van der Waals surface area contributed by atoms with Crippen molar-refractivity contribution < 1.29 is 28.3 Å². The molecule has 1 atom stereocenters. The van der Waals surface area contributed by atoms with Crippen LogP contribution in [0.4, 0.5) is 14.5 Å². The molecule has 0 spiro atoms. The fourth-order valence-electron chi connectivity index (χ4n) is 1.71. The van der Waals surface area contributed by atoms with E-state index in [0.717, 1.165) is 6.07 Å². The molecule has 0 saturated carbocycles. The van der Waals surface area contributed by atoms with E-state index in [4.69, 9.17) is 9.47 Å². The van der Waals surface area contributed by atoms with Crippen LogP contribution in [0.5, 0.6) is 11.5 Å². The van der Waals surface area contributed by atoms with E-state index in [1.165, 1.54) is 36.4 Å². The fourth-order valence-corrected chi connectivity index (χ4v) is 1.71. The molecule has 0 amide bonds. The summed E-state index contributed by atoms with van der Waals surface area (Å²) in [6, 6.07) is 8.90. The van der Waals surface area contributed by atoms with Gasteiger partial charge in [0.1, 0.15) is 25.1 Å². The van der Waals surface area contributed by atoms with Gasteiger partial charge in [0.05, 0.1) is 11.0 Å². The van der Waals surface area contributed by atoms with Gasteiger partial charge in [-0.1, -0.05) is 12.1 Å². The number of hydrogen-bond acceptors (Lipinski definition) is 5. The lowest BCUT2D eigenvalue weighted by molar-refractivity contribution is -0.384. The first kappa shape index (κ1) is 16.6. The van der Waals surface area contributed by atoms with E-state index in [1.807, 2.05) is 0 Å². The average molecular weight is 325 g/mol. The summed E-state index contributed by atoms with van der Waals surface area (Å²) in [5.74, 6) is -2.31. The Labute approximate surface area is 130 Å².